The molecule has 3 heteroatoms. The first-order valence-electron chi connectivity index (χ1n) is 14.5. The van der Waals surface area contributed by atoms with Crippen molar-refractivity contribution >= 4 is 5.97 Å². The number of hydrogen-bond acceptors (Lipinski definition) is 3. The van der Waals surface area contributed by atoms with Crippen molar-refractivity contribution in [3.63, 3.8) is 0 Å². The topological polar surface area (TPSA) is 46.5 Å². The third-order valence-electron chi connectivity index (χ3n) is 6.41. The average molecular weight is 467 g/mol. The van der Waals surface area contributed by atoms with Crippen molar-refractivity contribution in [1.29, 1.82) is 0 Å². The second kappa shape index (κ2) is 25.8. The van der Waals surface area contributed by atoms with Gasteiger partial charge in [-0.2, -0.15) is 0 Å². The van der Waals surface area contributed by atoms with Gasteiger partial charge >= 0.3 is 5.97 Å². The van der Waals surface area contributed by atoms with Crippen molar-refractivity contribution in [1.82, 2.24) is 0 Å². The lowest BCUT2D eigenvalue weighted by atomic mass is 10.0. The summed E-state index contributed by atoms with van der Waals surface area (Å²) in [6.07, 6.45) is 28.5. The molecule has 0 spiro atoms. The monoisotopic (exact) mass is 466 g/mol. The van der Waals surface area contributed by atoms with E-state index in [2.05, 4.69) is 32.9 Å². The summed E-state index contributed by atoms with van der Waals surface area (Å²) in [5.74, 6) is 0.822. The van der Waals surface area contributed by atoms with Crippen molar-refractivity contribution in [3.05, 3.63) is 12.2 Å². The van der Waals surface area contributed by atoms with Crippen LogP contribution in [0.15, 0.2) is 12.2 Å². The van der Waals surface area contributed by atoms with E-state index in [1.807, 2.05) is 0 Å². The molecule has 1 N–H and O–H groups in total. The van der Waals surface area contributed by atoms with Gasteiger partial charge in [-0.25, -0.2) is 0 Å². The lowest BCUT2D eigenvalue weighted by Gasteiger charge is -2.07. The molecule has 33 heavy (non-hydrogen) atoms. The SMILES string of the molecule is CCCCCC[C@@H](O)C/C=C\CCCCCCCC(=O)OCCCCCCCCCC(C)C. The summed E-state index contributed by atoms with van der Waals surface area (Å²) in [5, 5.41) is 9.95. The van der Waals surface area contributed by atoms with Crippen LogP contribution in [0.25, 0.3) is 0 Å². The Balaban J connectivity index is 3.30. The van der Waals surface area contributed by atoms with Gasteiger partial charge in [0.25, 0.3) is 0 Å². The van der Waals surface area contributed by atoms with E-state index in [9.17, 15) is 9.90 Å². The van der Waals surface area contributed by atoms with Gasteiger partial charge < -0.3 is 9.84 Å². The number of carbonyl (C=O) groups excluding carboxylic acids is 1. The molecule has 0 fully saturated rings. The Labute approximate surface area is 207 Å². The minimum Gasteiger partial charge on any atom is -0.466 e. The van der Waals surface area contributed by atoms with Crippen LogP contribution in [0, 0.1) is 5.92 Å². The molecule has 1 atom stereocenters. The lowest BCUT2D eigenvalue weighted by Crippen LogP contribution is -2.05. The highest BCUT2D eigenvalue weighted by atomic mass is 16.5. The van der Waals surface area contributed by atoms with Gasteiger partial charge in [0.05, 0.1) is 12.7 Å². The normalized spacial score (nSPS) is 12.6. The zero-order valence-corrected chi connectivity index (χ0v) is 22.6. The molecule has 0 aliphatic rings. The fourth-order valence-electron chi connectivity index (χ4n) is 4.15. The first-order valence-corrected chi connectivity index (χ1v) is 14.5. The molecule has 0 aliphatic heterocycles. The standard InChI is InChI=1S/C30H58O3/c1-4-5-6-19-24-29(31)25-20-15-11-7-8-12-16-21-26-30(32)33-27-22-17-13-9-10-14-18-23-28(2)3/h15,20,28-29,31H,4-14,16-19,21-27H2,1-3H3/b20-15-/t29-/m1/s1. The van der Waals surface area contributed by atoms with E-state index < -0.39 is 0 Å². The van der Waals surface area contributed by atoms with Crippen LogP contribution in [0.5, 0.6) is 0 Å². The number of allylic oxidation sites excluding steroid dienone is 1. The molecule has 0 aromatic heterocycles. The van der Waals surface area contributed by atoms with Gasteiger partial charge in [0.1, 0.15) is 0 Å². The molecule has 196 valence electrons. The van der Waals surface area contributed by atoms with Gasteiger partial charge in [-0.05, 0) is 44.4 Å². The van der Waals surface area contributed by atoms with E-state index in [0.29, 0.717) is 13.0 Å². The van der Waals surface area contributed by atoms with Gasteiger partial charge in [-0.15, -0.1) is 0 Å². The molecular formula is C30H58O3. The summed E-state index contributed by atoms with van der Waals surface area (Å²) in [6, 6.07) is 0. The van der Waals surface area contributed by atoms with Crippen LogP contribution in [0.2, 0.25) is 0 Å². The number of carbonyl (C=O) groups is 1. The number of unbranched alkanes of at least 4 members (excludes halogenated alkanes) is 14. The predicted molar refractivity (Wildman–Crippen MR) is 144 cm³/mol. The fraction of sp³-hybridized carbons (Fsp3) is 0.900. The maximum atomic E-state index is 11.8. The number of rotatable bonds is 25. The van der Waals surface area contributed by atoms with Gasteiger partial charge in [-0.3, -0.25) is 4.79 Å². The van der Waals surface area contributed by atoms with Crippen molar-refractivity contribution < 1.29 is 14.6 Å². The molecular weight excluding hydrogens is 408 g/mol. The average Bonchev–Trinajstić information content (AvgIpc) is 2.79. The Morgan fingerprint density at radius 3 is 2.00 bits per heavy atom. The van der Waals surface area contributed by atoms with Crippen LogP contribution >= 0.6 is 0 Å². The minimum atomic E-state index is -0.165. The quantitative estimate of drug-likeness (QED) is 0.0828. The van der Waals surface area contributed by atoms with Crippen LogP contribution in [0.4, 0.5) is 0 Å². The summed E-state index contributed by atoms with van der Waals surface area (Å²) < 4.78 is 5.37. The third kappa shape index (κ3) is 27.3. The Kier molecular flexibility index (Phi) is 25.1. The highest BCUT2D eigenvalue weighted by molar-refractivity contribution is 5.69. The molecule has 0 bridgehead atoms. The van der Waals surface area contributed by atoms with E-state index in [1.165, 1.54) is 83.5 Å². The maximum absolute atomic E-state index is 11.8. The van der Waals surface area contributed by atoms with Crippen LogP contribution in [-0.4, -0.2) is 23.8 Å². The molecule has 0 unspecified atom stereocenters. The molecule has 0 radical (unpaired) electrons. The van der Waals surface area contributed by atoms with Crippen molar-refractivity contribution in [3.8, 4) is 0 Å². The van der Waals surface area contributed by atoms with E-state index in [4.69, 9.17) is 4.74 Å². The maximum Gasteiger partial charge on any atom is 0.305 e. The number of aliphatic hydroxyl groups excluding tert-OH is 1. The summed E-state index contributed by atoms with van der Waals surface area (Å²) >= 11 is 0. The molecule has 0 aliphatic carbocycles. The van der Waals surface area contributed by atoms with Crippen molar-refractivity contribution in [2.75, 3.05) is 6.61 Å². The van der Waals surface area contributed by atoms with Crippen molar-refractivity contribution in [2.45, 2.75) is 162 Å². The summed E-state index contributed by atoms with van der Waals surface area (Å²) in [4.78, 5) is 11.8. The van der Waals surface area contributed by atoms with Crippen LogP contribution in [-0.2, 0) is 9.53 Å². The molecule has 0 rings (SSSR count). The van der Waals surface area contributed by atoms with Gasteiger partial charge in [0.2, 0.25) is 0 Å². The van der Waals surface area contributed by atoms with Crippen LogP contribution in [0.3, 0.4) is 0 Å². The van der Waals surface area contributed by atoms with Crippen molar-refractivity contribution in [2.24, 2.45) is 5.92 Å². The Hall–Kier alpha value is -0.830. The molecule has 0 heterocycles. The highest BCUT2D eigenvalue weighted by Crippen LogP contribution is 2.13. The van der Waals surface area contributed by atoms with Gasteiger partial charge in [0, 0.05) is 6.42 Å². The zero-order valence-electron chi connectivity index (χ0n) is 22.6. The number of hydrogen-bond donors (Lipinski definition) is 1. The van der Waals surface area contributed by atoms with Crippen LogP contribution in [0.1, 0.15) is 156 Å². The number of ether oxygens (including phenoxy) is 1. The third-order valence-corrected chi connectivity index (χ3v) is 6.41. The summed E-state index contributed by atoms with van der Waals surface area (Å²) in [5.41, 5.74) is 0. The Bertz CT molecular complexity index is 430. The fourth-order valence-corrected chi connectivity index (χ4v) is 4.15. The largest absolute Gasteiger partial charge is 0.466 e. The Morgan fingerprint density at radius 1 is 0.727 bits per heavy atom. The first kappa shape index (κ1) is 32.2. The highest BCUT2D eigenvalue weighted by Gasteiger charge is 2.03. The second-order valence-corrected chi connectivity index (χ2v) is 10.4. The summed E-state index contributed by atoms with van der Waals surface area (Å²) in [7, 11) is 0. The number of esters is 1. The molecule has 0 aromatic rings. The number of aliphatic hydroxyl groups is 1. The predicted octanol–water partition coefficient (Wildman–Crippen LogP) is 9.31. The van der Waals surface area contributed by atoms with E-state index >= 15 is 0 Å². The second-order valence-electron chi connectivity index (χ2n) is 10.4. The smallest absolute Gasteiger partial charge is 0.305 e. The molecule has 3 nitrogen and oxygen atoms in total. The van der Waals surface area contributed by atoms with E-state index in [-0.39, 0.29) is 12.1 Å². The van der Waals surface area contributed by atoms with E-state index in [0.717, 1.165) is 50.9 Å². The molecule has 0 aromatic carbocycles. The molecule has 0 saturated heterocycles. The lowest BCUT2D eigenvalue weighted by molar-refractivity contribution is -0.143. The molecule has 0 amide bonds. The minimum absolute atomic E-state index is 0.0140. The zero-order chi connectivity index (χ0) is 24.4. The first-order chi connectivity index (χ1) is 16.1. The Morgan fingerprint density at radius 2 is 1.30 bits per heavy atom. The van der Waals surface area contributed by atoms with Crippen LogP contribution < -0.4 is 0 Å². The van der Waals surface area contributed by atoms with Gasteiger partial charge in [-0.1, -0.05) is 123 Å². The summed E-state index contributed by atoms with van der Waals surface area (Å²) in [6.45, 7) is 7.42. The van der Waals surface area contributed by atoms with Gasteiger partial charge in [0.15, 0.2) is 0 Å². The van der Waals surface area contributed by atoms with E-state index in [1.54, 1.807) is 0 Å². The molecule has 0 saturated carbocycles.